The Hall–Kier alpha value is -1.05. The Balaban J connectivity index is 2.43. The number of carbonyl (C=O) groups is 1. The lowest BCUT2D eigenvalue weighted by atomic mass is 10.1. The summed E-state index contributed by atoms with van der Waals surface area (Å²) in [6, 6.07) is 1.89. The Kier molecular flexibility index (Phi) is 1.13. The molecule has 1 aliphatic carbocycles. The smallest absolute Gasteiger partial charge is 0.127 e. The Morgan fingerprint density at radius 2 is 2.60 bits per heavy atom. The summed E-state index contributed by atoms with van der Waals surface area (Å²) in [4.78, 5) is 10.4. The highest BCUT2D eigenvalue weighted by atomic mass is 16.3. The molecular weight excluding hydrogens is 128 g/mol. The maximum absolute atomic E-state index is 10.4. The Bertz CT molecular complexity index is 250. The highest BCUT2D eigenvalue weighted by molar-refractivity contribution is 5.64. The van der Waals surface area contributed by atoms with E-state index in [9.17, 15) is 4.79 Å². The molecule has 1 aromatic rings. The molecule has 2 nitrogen and oxygen atoms in total. The lowest BCUT2D eigenvalue weighted by Crippen LogP contribution is -1.91. The van der Waals surface area contributed by atoms with Gasteiger partial charge in [0.15, 0.2) is 0 Å². The molecule has 52 valence electrons. The number of carbonyl (C=O) groups excluding carboxylic acids is 1. The van der Waals surface area contributed by atoms with Crippen molar-refractivity contribution >= 4 is 6.29 Å². The number of hydrogen-bond donors (Lipinski definition) is 0. The lowest BCUT2D eigenvalue weighted by Gasteiger charge is -1.93. The largest absolute Gasteiger partial charge is 0.469 e. The van der Waals surface area contributed by atoms with E-state index in [2.05, 4.69) is 0 Å². The summed E-state index contributed by atoms with van der Waals surface area (Å²) in [5.74, 6) is 1.10. The first-order chi connectivity index (χ1) is 4.92. The van der Waals surface area contributed by atoms with Gasteiger partial charge in [0.05, 0.1) is 6.26 Å². The lowest BCUT2D eigenvalue weighted by molar-refractivity contribution is -0.109. The van der Waals surface area contributed by atoms with Crippen LogP contribution in [0.3, 0.4) is 0 Å². The first-order valence-corrected chi connectivity index (χ1v) is 3.43. The fourth-order valence-corrected chi connectivity index (χ4v) is 1.47. The van der Waals surface area contributed by atoms with Crippen molar-refractivity contribution in [2.45, 2.75) is 18.8 Å². The van der Waals surface area contributed by atoms with Crippen LogP contribution in [0.25, 0.3) is 0 Å². The predicted octanol–water partition coefficient (Wildman–Crippen LogP) is 1.51. The van der Waals surface area contributed by atoms with E-state index in [1.807, 2.05) is 6.07 Å². The van der Waals surface area contributed by atoms with Gasteiger partial charge >= 0.3 is 0 Å². The molecule has 1 aromatic heterocycles. The molecule has 0 saturated heterocycles. The van der Waals surface area contributed by atoms with Crippen molar-refractivity contribution in [1.82, 2.24) is 0 Å². The SMILES string of the molecule is O=CC1CCc2occc21. The van der Waals surface area contributed by atoms with Crippen molar-refractivity contribution in [3.05, 3.63) is 23.7 Å². The Morgan fingerprint density at radius 1 is 1.70 bits per heavy atom. The molecule has 1 heterocycles. The number of aldehydes is 1. The fraction of sp³-hybridized carbons (Fsp3) is 0.375. The first-order valence-electron chi connectivity index (χ1n) is 3.43. The van der Waals surface area contributed by atoms with E-state index in [1.165, 1.54) is 0 Å². The second kappa shape index (κ2) is 1.97. The molecule has 0 radical (unpaired) electrons. The standard InChI is InChI=1S/C8H8O2/c9-5-6-1-2-8-7(6)3-4-10-8/h3-6H,1-2H2. The summed E-state index contributed by atoms with van der Waals surface area (Å²) in [6.45, 7) is 0. The summed E-state index contributed by atoms with van der Waals surface area (Å²) >= 11 is 0. The van der Waals surface area contributed by atoms with E-state index in [0.29, 0.717) is 0 Å². The molecule has 1 atom stereocenters. The van der Waals surface area contributed by atoms with Crippen LogP contribution in [0, 0.1) is 0 Å². The third kappa shape index (κ3) is 0.618. The van der Waals surface area contributed by atoms with Crippen LogP contribution in [0.1, 0.15) is 23.7 Å². The van der Waals surface area contributed by atoms with Crippen molar-refractivity contribution in [3.63, 3.8) is 0 Å². The molecular formula is C8H8O2. The van der Waals surface area contributed by atoms with Gasteiger partial charge in [0.1, 0.15) is 12.0 Å². The van der Waals surface area contributed by atoms with Crippen molar-refractivity contribution in [1.29, 1.82) is 0 Å². The van der Waals surface area contributed by atoms with Crippen LogP contribution in [-0.2, 0) is 11.2 Å². The molecule has 10 heavy (non-hydrogen) atoms. The monoisotopic (exact) mass is 136 g/mol. The third-order valence-corrected chi connectivity index (χ3v) is 2.03. The zero-order valence-electron chi connectivity index (χ0n) is 5.54. The highest BCUT2D eigenvalue weighted by Gasteiger charge is 2.23. The van der Waals surface area contributed by atoms with Crippen molar-refractivity contribution < 1.29 is 9.21 Å². The Labute approximate surface area is 58.8 Å². The van der Waals surface area contributed by atoms with Gasteiger partial charge in [-0.05, 0) is 12.5 Å². The van der Waals surface area contributed by atoms with Crippen molar-refractivity contribution in [2.75, 3.05) is 0 Å². The molecule has 2 heteroatoms. The quantitative estimate of drug-likeness (QED) is 0.548. The number of furan rings is 1. The molecule has 0 aliphatic heterocycles. The maximum Gasteiger partial charge on any atom is 0.127 e. The number of hydrogen-bond acceptors (Lipinski definition) is 2. The molecule has 1 unspecified atom stereocenters. The van der Waals surface area contributed by atoms with Crippen LogP contribution in [-0.4, -0.2) is 6.29 Å². The zero-order valence-corrected chi connectivity index (χ0v) is 5.54. The number of fused-ring (bicyclic) bond motifs is 1. The average Bonchev–Trinajstić information content (AvgIpc) is 2.44. The predicted molar refractivity (Wildman–Crippen MR) is 35.8 cm³/mol. The topological polar surface area (TPSA) is 30.2 Å². The second-order valence-corrected chi connectivity index (χ2v) is 2.58. The van der Waals surface area contributed by atoms with Gasteiger partial charge in [0.25, 0.3) is 0 Å². The minimum Gasteiger partial charge on any atom is -0.469 e. The Morgan fingerprint density at radius 3 is 3.40 bits per heavy atom. The van der Waals surface area contributed by atoms with Gasteiger partial charge in [-0.25, -0.2) is 0 Å². The van der Waals surface area contributed by atoms with Crippen LogP contribution in [0.2, 0.25) is 0 Å². The first kappa shape index (κ1) is 5.71. The molecule has 0 fully saturated rings. The molecule has 0 saturated carbocycles. The van der Waals surface area contributed by atoms with Gasteiger partial charge in [-0.3, -0.25) is 0 Å². The van der Waals surface area contributed by atoms with Crippen molar-refractivity contribution in [3.8, 4) is 0 Å². The summed E-state index contributed by atoms with van der Waals surface area (Å²) < 4.78 is 5.15. The summed E-state index contributed by atoms with van der Waals surface area (Å²) in [5.41, 5.74) is 1.09. The molecule has 1 aliphatic rings. The molecule has 0 spiro atoms. The maximum atomic E-state index is 10.4. The van der Waals surface area contributed by atoms with Crippen LogP contribution in [0.15, 0.2) is 16.7 Å². The molecule has 2 rings (SSSR count). The second-order valence-electron chi connectivity index (χ2n) is 2.58. The van der Waals surface area contributed by atoms with Gasteiger partial charge in [-0.15, -0.1) is 0 Å². The van der Waals surface area contributed by atoms with E-state index in [1.54, 1.807) is 6.26 Å². The summed E-state index contributed by atoms with van der Waals surface area (Å²) in [6.07, 6.45) is 4.51. The number of rotatable bonds is 1. The summed E-state index contributed by atoms with van der Waals surface area (Å²) in [7, 11) is 0. The highest BCUT2D eigenvalue weighted by Crippen LogP contribution is 2.31. The van der Waals surface area contributed by atoms with Crippen LogP contribution in [0.4, 0.5) is 0 Å². The van der Waals surface area contributed by atoms with E-state index in [0.717, 1.165) is 30.5 Å². The van der Waals surface area contributed by atoms with Gasteiger partial charge in [0, 0.05) is 17.9 Å². The van der Waals surface area contributed by atoms with E-state index in [-0.39, 0.29) is 5.92 Å². The third-order valence-electron chi connectivity index (χ3n) is 2.03. The van der Waals surface area contributed by atoms with Crippen LogP contribution < -0.4 is 0 Å². The van der Waals surface area contributed by atoms with Crippen LogP contribution in [0.5, 0.6) is 0 Å². The van der Waals surface area contributed by atoms with Gasteiger partial charge in [-0.2, -0.15) is 0 Å². The minimum absolute atomic E-state index is 0.105. The van der Waals surface area contributed by atoms with Crippen LogP contribution >= 0.6 is 0 Å². The van der Waals surface area contributed by atoms with E-state index in [4.69, 9.17) is 4.42 Å². The molecule has 0 bridgehead atoms. The molecule has 0 N–H and O–H groups in total. The van der Waals surface area contributed by atoms with E-state index >= 15 is 0 Å². The van der Waals surface area contributed by atoms with Gasteiger partial charge in [0.2, 0.25) is 0 Å². The van der Waals surface area contributed by atoms with E-state index < -0.39 is 0 Å². The molecule has 0 amide bonds. The zero-order chi connectivity index (χ0) is 6.97. The van der Waals surface area contributed by atoms with Gasteiger partial charge < -0.3 is 9.21 Å². The average molecular weight is 136 g/mol. The normalized spacial score (nSPS) is 22.6. The summed E-state index contributed by atoms with van der Waals surface area (Å²) in [5, 5.41) is 0. The van der Waals surface area contributed by atoms with Gasteiger partial charge in [-0.1, -0.05) is 0 Å². The number of aryl methyl sites for hydroxylation is 1. The van der Waals surface area contributed by atoms with Crippen molar-refractivity contribution in [2.24, 2.45) is 0 Å². The minimum atomic E-state index is 0.105. The molecule has 0 aromatic carbocycles. The fourth-order valence-electron chi connectivity index (χ4n) is 1.47.